The van der Waals surface area contributed by atoms with Gasteiger partial charge in [0, 0.05) is 25.6 Å². The van der Waals surface area contributed by atoms with Gasteiger partial charge in [0.1, 0.15) is 16.4 Å². The Hall–Kier alpha value is -2.28. The minimum absolute atomic E-state index is 0.0626. The first kappa shape index (κ1) is 29.0. The largest absolute Gasteiger partial charge is 0.508 e. The van der Waals surface area contributed by atoms with E-state index in [0.717, 1.165) is 37.7 Å². The molecule has 1 aliphatic rings. The van der Waals surface area contributed by atoms with Gasteiger partial charge in [0.25, 0.3) is 0 Å². The number of hydrogen-bond donors (Lipinski definition) is 2. The normalized spacial score (nSPS) is 16.9. The van der Waals surface area contributed by atoms with E-state index in [1.54, 1.807) is 4.90 Å². The van der Waals surface area contributed by atoms with Crippen molar-refractivity contribution in [2.75, 3.05) is 13.1 Å². The first-order valence-electron chi connectivity index (χ1n) is 12.8. The number of sulfone groups is 1. The Kier molecular flexibility index (Phi) is 10.9. The molecule has 1 atom stereocenters. The van der Waals surface area contributed by atoms with Crippen LogP contribution in [-0.2, 0) is 27.5 Å². The summed E-state index contributed by atoms with van der Waals surface area (Å²) in [5, 5.41) is 21.2. The SMILES string of the molecule is CCCCCc1cc(O)c(CC=C(C)CCC=C(C)C)c(O)c1S(=O)(=O)C1CCCN(C(C)=O)C1. The monoisotopic (exact) mass is 505 g/mol. The maximum absolute atomic E-state index is 13.8. The molecule has 0 saturated carbocycles. The van der Waals surface area contributed by atoms with Crippen LogP contribution in [-0.4, -0.2) is 47.8 Å². The van der Waals surface area contributed by atoms with E-state index < -0.39 is 15.1 Å². The number of amides is 1. The third-order valence-electron chi connectivity index (χ3n) is 6.76. The Morgan fingerprint density at radius 1 is 1.14 bits per heavy atom. The molecule has 2 rings (SSSR count). The van der Waals surface area contributed by atoms with Crippen molar-refractivity contribution in [2.24, 2.45) is 0 Å². The molecule has 1 heterocycles. The third-order valence-corrected chi connectivity index (χ3v) is 9.04. The molecule has 1 aromatic rings. The molecule has 1 aromatic carbocycles. The number of piperidine rings is 1. The molecular weight excluding hydrogens is 462 g/mol. The number of likely N-dealkylation sites (tertiary alicyclic amines) is 1. The second kappa shape index (κ2) is 13.1. The molecule has 1 aliphatic heterocycles. The van der Waals surface area contributed by atoms with E-state index in [9.17, 15) is 23.4 Å². The Bertz CT molecular complexity index is 1050. The Balaban J connectivity index is 2.46. The number of carbonyl (C=O) groups is 1. The Morgan fingerprint density at radius 2 is 1.86 bits per heavy atom. The lowest BCUT2D eigenvalue weighted by molar-refractivity contribution is -0.129. The van der Waals surface area contributed by atoms with Crippen molar-refractivity contribution < 1.29 is 23.4 Å². The summed E-state index contributed by atoms with van der Waals surface area (Å²) in [5.41, 5.74) is 3.07. The molecular formula is C28H43NO5S. The van der Waals surface area contributed by atoms with Gasteiger partial charge in [-0.25, -0.2) is 8.42 Å². The molecule has 1 saturated heterocycles. The lowest BCUT2D eigenvalue weighted by Crippen LogP contribution is -2.44. The summed E-state index contributed by atoms with van der Waals surface area (Å²) in [6, 6.07) is 1.52. The molecule has 1 amide bonds. The average Bonchev–Trinajstić information content (AvgIpc) is 2.78. The highest BCUT2D eigenvalue weighted by Gasteiger charge is 2.37. The van der Waals surface area contributed by atoms with E-state index in [0.29, 0.717) is 31.4 Å². The Labute approximate surface area is 211 Å². The number of rotatable bonds is 11. The van der Waals surface area contributed by atoms with Crippen molar-refractivity contribution in [1.82, 2.24) is 4.90 Å². The van der Waals surface area contributed by atoms with Crippen LogP contribution >= 0.6 is 0 Å². The van der Waals surface area contributed by atoms with Crippen LogP contribution in [0, 0.1) is 0 Å². The molecule has 35 heavy (non-hydrogen) atoms. The highest BCUT2D eigenvalue weighted by Crippen LogP contribution is 2.41. The van der Waals surface area contributed by atoms with E-state index in [1.165, 1.54) is 18.6 Å². The van der Waals surface area contributed by atoms with Crippen molar-refractivity contribution in [2.45, 2.75) is 103 Å². The zero-order valence-electron chi connectivity index (χ0n) is 22.1. The van der Waals surface area contributed by atoms with Crippen LogP contribution in [0.5, 0.6) is 11.5 Å². The molecule has 7 heteroatoms. The number of nitrogens with zero attached hydrogens (tertiary/aromatic N) is 1. The van der Waals surface area contributed by atoms with E-state index in [1.807, 2.05) is 13.0 Å². The molecule has 0 radical (unpaired) electrons. The fourth-order valence-electron chi connectivity index (χ4n) is 4.61. The standard InChI is InChI=1S/C28H43NO5S/c1-6-7-8-13-23-18-26(31)25(16-15-21(4)12-9-11-20(2)3)27(32)28(23)35(33,34)24-14-10-17-29(19-24)22(5)30/h11,15,18,24,31-32H,6-10,12-14,16-17,19H2,1-5H3. The van der Waals surface area contributed by atoms with Crippen molar-refractivity contribution in [3.8, 4) is 11.5 Å². The number of aromatic hydroxyl groups is 2. The van der Waals surface area contributed by atoms with E-state index in [2.05, 4.69) is 26.8 Å². The average molecular weight is 506 g/mol. The number of phenols is 2. The van der Waals surface area contributed by atoms with Crippen LogP contribution in [0.3, 0.4) is 0 Å². The number of phenolic OH excluding ortho intramolecular Hbond substituents is 2. The van der Waals surface area contributed by atoms with Gasteiger partial charge in [0.2, 0.25) is 5.91 Å². The first-order valence-corrected chi connectivity index (χ1v) is 14.4. The maximum atomic E-state index is 13.8. The number of unbranched alkanes of at least 4 members (excludes halogenated alkanes) is 2. The van der Waals surface area contributed by atoms with E-state index in [-0.39, 0.29) is 40.8 Å². The van der Waals surface area contributed by atoms with Crippen LogP contribution in [0.2, 0.25) is 0 Å². The summed E-state index contributed by atoms with van der Waals surface area (Å²) < 4.78 is 27.7. The van der Waals surface area contributed by atoms with Gasteiger partial charge < -0.3 is 15.1 Å². The van der Waals surface area contributed by atoms with Gasteiger partial charge >= 0.3 is 0 Å². The van der Waals surface area contributed by atoms with Crippen LogP contribution in [0.1, 0.15) is 90.7 Å². The van der Waals surface area contributed by atoms with Crippen LogP contribution in [0.25, 0.3) is 0 Å². The second-order valence-corrected chi connectivity index (χ2v) is 12.2. The Morgan fingerprint density at radius 3 is 2.49 bits per heavy atom. The fraction of sp³-hybridized carbons (Fsp3) is 0.607. The predicted molar refractivity (Wildman–Crippen MR) is 142 cm³/mol. The second-order valence-electron chi connectivity index (χ2n) is 10.0. The summed E-state index contributed by atoms with van der Waals surface area (Å²) >= 11 is 0. The van der Waals surface area contributed by atoms with Crippen molar-refractivity contribution >= 4 is 15.7 Å². The van der Waals surface area contributed by atoms with Crippen LogP contribution in [0.4, 0.5) is 0 Å². The number of carbonyl (C=O) groups excluding carboxylic acids is 1. The smallest absolute Gasteiger partial charge is 0.219 e. The minimum Gasteiger partial charge on any atom is -0.508 e. The lowest BCUT2D eigenvalue weighted by atomic mass is 10.00. The van der Waals surface area contributed by atoms with Crippen molar-refractivity contribution in [1.29, 1.82) is 0 Å². The topological polar surface area (TPSA) is 94.9 Å². The van der Waals surface area contributed by atoms with E-state index >= 15 is 0 Å². The molecule has 0 aromatic heterocycles. The minimum atomic E-state index is -3.91. The lowest BCUT2D eigenvalue weighted by Gasteiger charge is -2.32. The van der Waals surface area contributed by atoms with Gasteiger partial charge in [-0.05, 0) is 77.3 Å². The molecule has 0 aliphatic carbocycles. The van der Waals surface area contributed by atoms with Gasteiger partial charge in [-0.2, -0.15) is 0 Å². The summed E-state index contributed by atoms with van der Waals surface area (Å²) in [6.45, 7) is 10.3. The van der Waals surface area contributed by atoms with Gasteiger partial charge in [-0.15, -0.1) is 0 Å². The number of allylic oxidation sites excluding steroid dienone is 4. The van der Waals surface area contributed by atoms with Crippen LogP contribution in [0.15, 0.2) is 34.3 Å². The summed E-state index contributed by atoms with van der Waals surface area (Å²) in [7, 11) is -3.91. The molecule has 196 valence electrons. The van der Waals surface area contributed by atoms with E-state index in [4.69, 9.17) is 0 Å². The zero-order chi connectivity index (χ0) is 26.2. The third kappa shape index (κ3) is 7.86. The molecule has 0 bridgehead atoms. The van der Waals surface area contributed by atoms with Crippen LogP contribution < -0.4 is 0 Å². The molecule has 1 unspecified atom stereocenters. The quantitative estimate of drug-likeness (QED) is 0.291. The predicted octanol–water partition coefficient (Wildman–Crippen LogP) is 5.85. The first-order chi connectivity index (χ1) is 16.5. The summed E-state index contributed by atoms with van der Waals surface area (Å²) in [4.78, 5) is 13.4. The number of benzene rings is 1. The van der Waals surface area contributed by atoms with Gasteiger partial charge in [0.05, 0.1) is 5.25 Å². The number of aryl methyl sites for hydroxylation is 1. The highest BCUT2D eigenvalue weighted by atomic mass is 32.2. The molecule has 6 nitrogen and oxygen atoms in total. The molecule has 1 fully saturated rings. The molecule has 2 N–H and O–H groups in total. The maximum Gasteiger partial charge on any atom is 0.219 e. The highest BCUT2D eigenvalue weighted by molar-refractivity contribution is 7.92. The summed E-state index contributed by atoms with van der Waals surface area (Å²) in [5.74, 6) is -0.558. The summed E-state index contributed by atoms with van der Waals surface area (Å²) in [6.07, 6.45) is 10.3. The number of hydrogen-bond acceptors (Lipinski definition) is 5. The van der Waals surface area contributed by atoms with Gasteiger partial charge in [-0.1, -0.05) is 43.1 Å². The van der Waals surface area contributed by atoms with Gasteiger partial charge in [0.15, 0.2) is 9.84 Å². The van der Waals surface area contributed by atoms with Crippen molar-refractivity contribution in [3.05, 3.63) is 40.5 Å². The zero-order valence-corrected chi connectivity index (χ0v) is 22.9. The van der Waals surface area contributed by atoms with Crippen molar-refractivity contribution in [3.63, 3.8) is 0 Å². The molecule has 0 spiro atoms. The van der Waals surface area contributed by atoms with Gasteiger partial charge in [-0.3, -0.25) is 4.79 Å². The fourth-order valence-corrected chi connectivity index (χ4v) is 6.71.